The van der Waals surface area contributed by atoms with Gasteiger partial charge in [0.2, 0.25) is 0 Å². The van der Waals surface area contributed by atoms with Gasteiger partial charge in [-0.3, -0.25) is 0 Å². The van der Waals surface area contributed by atoms with Gasteiger partial charge in [-0.25, -0.2) is 0 Å². The van der Waals surface area contributed by atoms with E-state index in [9.17, 15) is 0 Å². The minimum absolute atomic E-state index is 0.498. The summed E-state index contributed by atoms with van der Waals surface area (Å²) < 4.78 is 6.41. The van der Waals surface area contributed by atoms with Crippen LogP contribution in [0, 0.1) is 0 Å². The van der Waals surface area contributed by atoms with Crippen LogP contribution in [-0.4, -0.2) is 0 Å². The van der Waals surface area contributed by atoms with Crippen LogP contribution in [0.3, 0.4) is 0 Å². The van der Waals surface area contributed by atoms with E-state index in [0.29, 0.717) is 27.2 Å². The second-order valence-corrected chi connectivity index (χ2v) is 5.06. The van der Waals surface area contributed by atoms with Crippen molar-refractivity contribution in [1.82, 2.24) is 0 Å². The molecule has 5 heteroatoms. The monoisotopic (exact) mass is 331 g/mol. The lowest BCUT2D eigenvalue weighted by Crippen LogP contribution is -1.89. The summed E-state index contributed by atoms with van der Waals surface area (Å²) in [6, 6.07) is 10.3. The molecule has 0 radical (unpaired) electrons. The quantitative estimate of drug-likeness (QED) is 0.773. The van der Waals surface area contributed by atoms with Crippen LogP contribution in [0.4, 0.5) is 5.69 Å². The van der Waals surface area contributed by atoms with Crippen molar-refractivity contribution in [3.8, 4) is 11.5 Å². The zero-order valence-corrected chi connectivity index (χ0v) is 11.7. The molecule has 0 aliphatic heterocycles. The number of halogens is 3. The summed E-state index contributed by atoms with van der Waals surface area (Å²) in [5.41, 5.74) is 6.30. The third-order valence-electron chi connectivity index (χ3n) is 2.07. The van der Waals surface area contributed by atoms with Crippen LogP contribution >= 0.6 is 39.1 Å². The third-order valence-corrected chi connectivity index (χ3v) is 3.24. The topological polar surface area (TPSA) is 35.2 Å². The first-order valence-electron chi connectivity index (χ1n) is 4.74. The van der Waals surface area contributed by atoms with Gasteiger partial charge < -0.3 is 10.5 Å². The lowest BCUT2D eigenvalue weighted by atomic mass is 10.3. The van der Waals surface area contributed by atoms with E-state index >= 15 is 0 Å². The molecule has 2 N–H and O–H groups in total. The van der Waals surface area contributed by atoms with Gasteiger partial charge >= 0.3 is 0 Å². The van der Waals surface area contributed by atoms with E-state index in [1.807, 2.05) is 0 Å². The van der Waals surface area contributed by atoms with Crippen molar-refractivity contribution in [2.75, 3.05) is 5.73 Å². The molecule has 0 heterocycles. The Hall–Kier alpha value is -0.900. The number of hydrogen-bond donors (Lipinski definition) is 1. The number of anilines is 1. The minimum Gasteiger partial charge on any atom is -0.455 e. The fraction of sp³-hybridized carbons (Fsp3) is 0. The molecule has 0 atom stereocenters. The first-order valence-corrected chi connectivity index (χ1v) is 6.29. The van der Waals surface area contributed by atoms with E-state index in [-0.39, 0.29) is 0 Å². The van der Waals surface area contributed by atoms with Crippen LogP contribution in [0.2, 0.25) is 10.0 Å². The fourth-order valence-electron chi connectivity index (χ4n) is 1.27. The number of nitrogens with two attached hydrogens (primary N) is 1. The molecule has 0 amide bonds. The lowest BCUT2D eigenvalue weighted by Gasteiger charge is -2.10. The van der Waals surface area contributed by atoms with Crippen molar-refractivity contribution in [3.05, 3.63) is 50.9 Å². The molecule has 17 heavy (non-hydrogen) atoms. The SMILES string of the molecule is Nc1ccc(Oc2cc(Cl)ccc2Cl)c(Br)c1. The average Bonchev–Trinajstić information content (AvgIpc) is 2.27. The van der Waals surface area contributed by atoms with Gasteiger partial charge in [0.25, 0.3) is 0 Å². The van der Waals surface area contributed by atoms with Gasteiger partial charge in [0.1, 0.15) is 11.5 Å². The summed E-state index contributed by atoms with van der Waals surface area (Å²) >= 11 is 15.3. The Morgan fingerprint density at radius 3 is 2.47 bits per heavy atom. The highest BCUT2D eigenvalue weighted by Crippen LogP contribution is 2.35. The second kappa shape index (κ2) is 5.17. The molecule has 0 aliphatic carbocycles. The van der Waals surface area contributed by atoms with Crippen LogP contribution in [-0.2, 0) is 0 Å². The molecular formula is C12H8BrCl2NO. The van der Waals surface area contributed by atoms with Gasteiger partial charge in [-0.1, -0.05) is 23.2 Å². The van der Waals surface area contributed by atoms with Crippen LogP contribution < -0.4 is 10.5 Å². The van der Waals surface area contributed by atoms with Gasteiger partial charge in [0.05, 0.1) is 9.50 Å². The van der Waals surface area contributed by atoms with Crippen molar-refractivity contribution in [3.63, 3.8) is 0 Å². The molecule has 0 spiro atoms. The first-order chi connectivity index (χ1) is 8.06. The molecule has 2 nitrogen and oxygen atoms in total. The van der Waals surface area contributed by atoms with Crippen molar-refractivity contribution >= 4 is 44.8 Å². The Bertz CT molecular complexity index is 560. The van der Waals surface area contributed by atoms with Crippen molar-refractivity contribution in [1.29, 1.82) is 0 Å². The summed E-state index contributed by atoms with van der Waals surface area (Å²) in [5.74, 6) is 1.13. The molecule has 0 saturated heterocycles. The number of hydrogen-bond acceptors (Lipinski definition) is 2. The molecule has 0 bridgehead atoms. The van der Waals surface area contributed by atoms with Gasteiger partial charge in [0.15, 0.2) is 0 Å². The van der Waals surface area contributed by atoms with E-state index < -0.39 is 0 Å². The molecular weight excluding hydrogens is 325 g/mol. The molecule has 88 valence electrons. The normalized spacial score (nSPS) is 10.3. The summed E-state index contributed by atoms with van der Waals surface area (Å²) in [4.78, 5) is 0. The van der Waals surface area contributed by atoms with Crippen molar-refractivity contribution in [2.45, 2.75) is 0 Å². The summed E-state index contributed by atoms with van der Waals surface area (Å²) in [6.07, 6.45) is 0. The Kier molecular flexibility index (Phi) is 3.82. The zero-order valence-electron chi connectivity index (χ0n) is 8.58. The Balaban J connectivity index is 2.34. The Morgan fingerprint density at radius 1 is 1.00 bits per heavy atom. The molecule has 0 aliphatic rings. The number of nitrogen functional groups attached to an aromatic ring is 1. The highest BCUT2D eigenvalue weighted by molar-refractivity contribution is 9.10. The fourth-order valence-corrected chi connectivity index (χ4v) is 2.07. The van der Waals surface area contributed by atoms with Crippen LogP contribution in [0.5, 0.6) is 11.5 Å². The second-order valence-electron chi connectivity index (χ2n) is 3.37. The zero-order chi connectivity index (χ0) is 12.4. The molecule has 0 fully saturated rings. The predicted octanol–water partition coefficient (Wildman–Crippen LogP) is 5.13. The first kappa shape index (κ1) is 12.6. The maximum atomic E-state index is 6.01. The summed E-state index contributed by atoms with van der Waals surface area (Å²) in [5, 5.41) is 1.06. The number of rotatable bonds is 2. The maximum absolute atomic E-state index is 6.01. The highest BCUT2D eigenvalue weighted by Gasteiger charge is 2.07. The summed E-state index contributed by atoms with van der Waals surface area (Å²) in [6.45, 7) is 0. The number of ether oxygens (including phenoxy) is 1. The van der Waals surface area contributed by atoms with E-state index in [1.54, 1.807) is 36.4 Å². The van der Waals surface area contributed by atoms with E-state index in [2.05, 4.69) is 15.9 Å². The van der Waals surface area contributed by atoms with E-state index in [1.165, 1.54) is 0 Å². The minimum atomic E-state index is 0.498. The van der Waals surface area contributed by atoms with E-state index in [0.717, 1.165) is 4.47 Å². The van der Waals surface area contributed by atoms with E-state index in [4.69, 9.17) is 33.7 Å². The molecule has 2 rings (SSSR count). The molecule has 2 aromatic carbocycles. The third kappa shape index (κ3) is 3.06. The predicted molar refractivity (Wildman–Crippen MR) is 75.1 cm³/mol. The van der Waals surface area contributed by atoms with Gasteiger partial charge in [-0.2, -0.15) is 0 Å². The van der Waals surface area contributed by atoms with Crippen molar-refractivity contribution < 1.29 is 4.74 Å². The smallest absolute Gasteiger partial charge is 0.147 e. The van der Waals surface area contributed by atoms with Crippen molar-refractivity contribution in [2.24, 2.45) is 0 Å². The highest BCUT2D eigenvalue weighted by atomic mass is 79.9. The summed E-state index contributed by atoms with van der Waals surface area (Å²) in [7, 11) is 0. The van der Waals surface area contributed by atoms with Crippen LogP contribution in [0.1, 0.15) is 0 Å². The van der Waals surface area contributed by atoms with Crippen LogP contribution in [0.25, 0.3) is 0 Å². The lowest BCUT2D eigenvalue weighted by molar-refractivity contribution is 0.480. The van der Waals surface area contributed by atoms with Gasteiger partial charge in [-0.05, 0) is 46.3 Å². The number of benzene rings is 2. The average molecular weight is 333 g/mol. The van der Waals surface area contributed by atoms with Crippen LogP contribution in [0.15, 0.2) is 40.9 Å². The van der Waals surface area contributed by atoms with Gasteiger partial charge in [0, 0.05) is 16.8 Å². The molecule has 2 aromatic rings. The maximum Gasteiger partial charge on any atom is 0.147 e. The Morgan fingerprint density at radius 2 is 1.76 bits per heavy atom. The standard InChI is InChI=1S/C12H8BrCl2NO/c13-9-6-8(16)2-4-11(9)17-12-5-7(14)1-3-10(12)15/h1-6H,16H2. The molecule has 0 unspecified atom stereocenters. The van der Waals surface area contributed by atoms with Gasteiger partial charge in [-0.15, -0.1) is 0 Å². The molecule has 0 aromatic heterocycles. The Labute approximate surface area is 117 Å². The molecule has 0 saturated carbocycles. The largest absolute Gasteiger partial charge is 0.455 e.